The number of likely N-dealkylation sites (tertiary alicyclic amines) is 1. The molecule has 1 amide bonds. The Morgan fingerprint density at radius 2 is 2.04 bits per heavy atom. The summed E-state index contributed by atoms with van der Waals surface area (Å²) in [6.07, 6.45) is 3.96. The van der Waals surface area contributed by atoms with Crippen molar-refractivity contribution >= 4 is 28.3 Å². The first kappa shape index (κ1) is 18.1. The second kappa shape index (κ2) is 7.78. The monoisotopic (exact) mass is 383 g/mol. The van der Waals surface area contributed by atoms with Crippen molar-refractivity contribution < 1.29 is 4.79 Å². The normalized spacial score (nSPS) is 15.7. The molecule has 0 atom stereocenters. The van der Waals surface area contributed by atoms with Crippen LogP contribution in [-0.2, 0) is 24.9 Å². The summed E-state index contributed by atoms with van der Waals surface area (Å²) in [6, 6.07) is 8.72. The molecule has 2 aromatic heterocycles. The van der Waals surface area contributed by atoms with E-state index in [4.69, 9.17) is 4.98 Å². The van der Waals surface area contributed by atoms with Crippen molar-refractivity contribution in [1.82, 2.24) is 24.3 Å². The number of para-hydroxylation sites is 2. The summed E-state index contributed by atoms with van der Waals surface area (Å²) in [5.74, 6) is 1.26. The van der Waals surface area contributed by atoms with E-state index in [1.165, 1.54) is 4.88 Å². The highest BCUT2D eigenvalue weighted by molar-refractivity contribution is 7.09. The van der Waals surface area contributed by atoms with Gasteiger partial charge in [-0.3, -0.25) is 14.7 Å². The Morgan fingerprint density at radius 1 is 1.26 bits per heavy atom. The third-order valence-corrected chi connectivity index (χ3v) is 6.26. The van der Waals surface area contributed by atoms with Crippen LogP contribution in [0.3, 0.4) is 0 Å². The Bertz CT molecular complexity index is 912. The van der Waals surface area contributed by atoms with Crippen LogP contribution >= 0.6 is 11.3 Å². The van der Waals surface area contributed by atoms with Crippen LogP contribution in [0.5, 0.6) is 0 Å². The Balaban J connectivity index is 1.56. The number of imidazole rings is 1. The van der Waals surface area contributed by atoms with Gasteiger partial charge >= 0.3 is 0 Å². The molecule has 1 aromatic carbocycles. The molecule has 142 valence electrons. The zero-order valence-electron chi connectivity index (χ0n) is 15.8. The van der Waals surface area contributed by atoms with Crippen LogP contribution in [0, 0.1) is 0 Å². The number of fused-ring (bicyclic) bond motifs is 1. The first-order valence-electron chi connectivity index (χ1n) is 9.39. The smallest absolute Gasteiger partial charge is 0.219 e. The van der Waals surface area contributed by atoms with Gasteiger partial charge < -0.3 is 9.47 Å². The topological polar surface area (TPSA) is 54.3 Å². The van der Waals surface area contributed by atoms with Gasteiger partial charge in [0.15, 0.2) is 0 Å². The number of aryl methyl sites for hydroxylation is 1. The first-order chi connectivity index (χ1) is 13.1. The molecule has 1 saturated heterocycles. The number of benzene rings is 1. The summed E-state index contributed by atoms with van der Waals surface area (Å²) >= 11 is 1.70. The van der Waals surface area contributed by atoms with Crippen LogP contribution in [0.15, 0.2) is 36.0 Å². The lowest BCUT2D eigenvalue weighted by Gasteiger charge is -2.38. The molecule has 0 aliphatic carbocycles. The van der Waals surface area contributed by atoms with Crippen LogP contribution in [0.4, 0.5) is 0 Å². The zero-order valence-corrected chi connectivity index (χ0v) is 16.7. The van der Waals surface area contributed by atoms with E-state index in [-0.39, 0.29) is 5.91 Å². The fourth-order valence-corrected chi connectivity index (χ4v) is 4.52. The Hall–Kier alpha value is -2.25. The summed E-state index contributed by atoms with van der Waals surface area (Å²) < 4.78 is 2.19. The number of hydrogen-bond acceptors (Lipinski definition) is 5. The van der Waals surface area contributed by atoms with Crippen molar-refractivity contribution in [3.05, 3.63) is 46.7 Å². The highest BCUT2D eigenvalue weighted by atomic mass is 32.1. The van der Waals surface area contributed by atoms with Crippen LogP contribution in [0.1, 0.15) is 30.5 Å². The molecule has 3 aromatic rings. The Kier molecular flexibility index (Phi) is 5.22. The van der Waals surface area contributed by atoms with Crippen LogP contribution < -0.4 is 0 Å². The van der Waals surface area contributed by atoms with Crippen molar-refractivity contribution in [2.75, 3.05) is 13.1 Å². The number of carbonyl (C=O) groups is 1. The molecule has 7 heteroatoms. The van der Waals surface area contributed by atoms with E-state index in [0.717, 1.165) is 55.9 Å². The molecular formula is C20H25N5OS. The number of carbonyl (C=O) groups excluding carboxylic acids is 1. The van der Waals surface area contributed by atoms with Crippen molar-refractivity contribution in [3.63, 3.8) is 0 Å². The lowest BCUT2D eigenvalue weighted by molar-refractivity contribution is -0.130. The molecule has 0 N–H and O–H groups in total. The highest BCUT2D eigenvalue weighted by Crippen LogP contribution is 2.24. The van der Waals surface area contributed by atoms with Gasteiger partial charge in [0, 0.05) is 50.7 Å². The van der Waals surface area contributed by atoms with Gasteiger partial charge in [-0.2, -0.15) is 0 Å². The fraction of sp³-hybridized carbons (Fsp3) is 0.450. The van der Waals surface area contributed by atoms with Gasteiger partial charge in [-0.1, -0.05) is 12.1 Å². The number of hydrogen-bond donors (Lipinski definition) is 0. The third-order valence-electron chi connectivity index (χ3n) is 5.49. The van der Waals surface area contributed by atoms with Crippen molar-refractivity contribution in [1.29, 1.82) is 0 Å². The molecule has 0 unspecified atom stereocenters. The molecule has 0 bridgehead atoms. The van der Waals surface area contributed by atoms with E-state index in [9.17, 15) is 4.79 Å². The predicted molar refractivity (Wildman–Crippen MR) is 107 cm³/mol. The lowest BCUT2D eigenvalue weighted by atomic mass is 10.0. The minimum atomic E-state index is 0.179. The summed E-state index contributed by atoms with van der Waals surface area (Å²) in [7, 11) is 2.09. The van der Waals surface area contributed by atoms with Gasteiger partial charge in [-0.05, 0) is 25.0 Å². The van der Waals surface area contributed by atoms with Gasteiger partial charge in [-0.15, -0.1) is 11.3 Å². The molecule has 4 rings (SSSR count). The number of piperidine rings is 1. The van der Waals surface area contributed by atoms with E-state index in [2.05, 4.69) is 39.7 Å². The van der Waals surface area contributed by atoms with Crippen LogP contribution in [-0.4, -0.2) is 49.4 Å². The Morgan fingerprint density at radius 3 is 2.70 bits per heavy atom. The van der Waals surface area contributed by atoms with Gasteiger partial charge in [0.2, 0.25) is 5.91 Å². The standard InChI is InChI=1S/C20H25N5OS/c1-15(26)24-9-7-16(8-10-24)25(12-17-11-21-14-27-17)13-20-22-18-5-3-4-6-19(18)23(20)2/h3-6,11,14,16H,7-10,12-13H2,1-2H3. The van der Waals surface area contributed by atoms with Gasteiger partial charge in [0.1, 0.15) is 5.82 Å². The molecule has 1 aliphatic rings. The SMILES string of the molecule is CC(=O)N1CCC(N(Cc2cncs2)Cc2nc3ccccc3n2C)CC1. The third kappa shape index (κ3) is 3.89. The average molecular weight is 384 g/mol. The van der Waals surface area contributed by atoms with E-state index >= 15 is 0 Å². The molecule has 1 fully saturated rings. The van der Waals surface area contributed by atoms with Crippen LogP contribution in [0.25, 0.3) is 11.0 Å². The summed E-state index contributed by atoms with van der Waals surface area (Å²) in [5, 5.41) is 0. The highest BCUT2D eigenvalue weighted by Gasteiger charge is 2.27. The number of thiazole rings is 1. The van der Waals surface area contributed by atoms with E-state index in [1.54, 1.807) is 18.3 Å². The quantitative estimate of drug-likeness (QED) is 0.680. The molecule has 0 saturated carbocycles. The second-order valence-corrected chi connectivity index (χ2v) is 8.16. The van der Waals surface area contributed by atoms with Crippen molar-refractivity contribution in [2.24, 2.45) is 7.05 Å². The van der Waals surface area contributed by atoms with Gasteiger partial charge in [0.25, 0.3) is 0 Å². The molecule has 6 nitrogen and oxygen atoms in total. The van der Waals surface area contributed by atoms with E-state index < -0.39 is 0 Å². The summed E-state index contributed by atoms with van der Waals surface area (Å²) in [4.78, 5) is 26.5. The zero-order chi connectivity index (χ0) is 18.8. The maximum absolute atomic E-state index is 11.7. The van der Waals surface area contributed by atoms with Crippen LogP contribution in [0.2, 0.25) is 0 Å². The fourth-order valence-electron chi connectivity index (χ4n) is 3.90. The lowest BCUT2D eigenvalue weighted by Crippen LogP contribution is -2.45. The molecule has 0 radical (unpaired) electrons. The van der Waals surface area contributed by atoms with E-state index in [0.29, 0.717) is 6.04 Å². The minimum Gasteiger partial charge on any atom is -0.343 e. The number of rotatable bonds is 5. The summed E-state index contributed by atoms with van der Waals surface area (Å²) in [6.45, 7) is 5.00. The minimum absolute atomic E-state index is 0.179. The maximum atomic E-state index is 11.7. The molecule has 0 spiro atoms. The second-order valence-electron chi connectivity index (χ2n) is 7.19. The number of amides is 1. The average Bonchev–Trinajstić information content (AvgIpc) is 3.30. The molecule has 27 heavy (non-hydrogen) atoms. The maximum Gasteiger partial charge on any atom is 0.219 e. The molecule has 3 heterocycles. The molecular weight excluding hydrogens is 358 g/mol. The largest absolute Gasteiger partial charge is 0.343 e. The number of nitrogens with zero attached hydrogens (tertiary/aromatic N) is 5. The number of aromatic nitrogens is 3. The summed E-state index contributed by atoms with van der Waals surface area (Å²) in [5.41, 5.74) is 4.09. The van der Waals surface area contributed by atoms with Gasteiger partial charge in [0.05, 0.1) is 23.1 Å². The predicted octanol–water partition coefficient (Wildman–Crippen LogP) is 3.04. The Labute approximate surface area is 163 Å². The van der Waals surface area contributed by atoms with E-state index in [1.807, 2.05) is 22.7 Å². The molecule has 1 aliphatic heterocycles. The van der Waals surface area contributed by atoms with Crippen molar-refractivity contribution in [2.45, 2.75) is 38.9 Å². The van der Waals surface area contributed by atoms with Crippen molar-refractivity contribution in [3.8, 4) is 0 Å². The van der Waals surface area contributed by atoms with Gasteiger partial charge in [-0.25, -0.2) is 4.98 Å². The first-order valence-corrected chi connectivity index (χ1v) is 10.3.